The van der Waals surface area contributed by atoms with E-state index in [-0.39, 0.29) is 0 Å². The van der Waals surface area contributed by atoms with E-state index in [0.717, 1.165) is 6.04 Å². The Morgan fingerprint density at radius 1 is 1.19 bits per heavy atom. The Hall–Kier alpha value is -0.0800. The minimum atomic E-state index is 0.681. The predicted molar refractivity (Wildman–Crippen MR) is 71.9 cm³/mol. The molecule has 0 saturated carbocycles. The first-order valence-electron chi connectivity index (χ1n) is 7.06. The van der Waals surface area contributed by atoms with Crippen LogP contribution >= 0.6 is 0 Å². The topological polar surface area (TPSA) is 6.48 Å². The Bertz CT molecular complexity index is 189. The van der Waals surface area contributed by atoms with E-state index in [1.807, 2.05) is 0 Å². The smallest absolute Gasteiger partial charge is 0.0225 e. The minimum Gasteiger partial charge on any atom is -0.300 e. The van der Waals surface area contributed by atoms with Crippen molar-refractivity contribution in [3.63, 3.8) is 0 Å². The van der Waals surface area contributed by atoms with Crippen LogP contribution in [0.1, 0.15) is 53.9 Å². The summed E-state index contributed by atoms with van der Waals surface area (Å²) in [5.74, 6) is 0. The van der Waals surface area contributed by atoms with E-state index >= 15 is 0 Å². The fourth-order valence-electron chi connectivity index (χ4n) is 2.87. The van der Waals surface area contributed by atoms with Gasteiger partial charge < -0.3 is 0 Å². The molecule has 1 rings (SSSR count). The highest BCUT2D eigenvalue weighted by molar-refractivity contribution is 4.82. The molecule has 0 bridgehead atoms. The summed E-state index contributed by atoms with van der Waals surface area (Å²) >= 11 is 0. The summed E-state index contributed by atoms with van der Waals surface area (Å²) in [5.41, 5.74) is 0. The van der Waals surface area contributed by atoms with Gasteiger partial charge in [-0.2, -0.15) is 0 Å². The molecule has 1 aliphatic rings. The zero-order chi connectivity index (χ0) is 12.1. The van der Waals surface area contributed by atoms with Gasteiger partial charge in [-0.15, -0.1) is 0 Å². The third-order valence-electron chi connectivity index (χ3n) is 3.92. The quantitative estimate of drug-likeness (QED) is 0.711. The SMILES string of the molecule is CCN(CC1CCCCN1C(C)C)C(C)C. The molecule has 1 fully saturated rings. The average molecular weight is 226 g/mol. The molecule has 1 saturated heterocycles. The highest BCUT2D eigenvalue weighted by Crippen LogP contribution is 2.20. The first-order chi connectivity index (χ1) is 7.56. The van der Waals surface area contributed by atoms with Crippen LogP contribution in [-0.4, -0.2) is 47.6 Å². The molecular formula is C14H30N2. The van der Waals surface area contributed by atoms with Gasteiger partial charge in [0.15, 0.2) is 0 Å². The second-order valence-corrected chi connectivity index (χ2v) is 5.66. The Morgan fingerprint density at radius 3 is 2.38 bits per heavy atom. The minimum absolute atomic E-state index is 0.681. The monoisotopic (exact) mass is 226 g/mol. The number of rotatable bonds is 5. The summed E-state index contributed by atoms with van der Waals surface area (Å²) < 4.78 is 0. The van der Waals surface area contributed by atoms with E-state index in [1.54, 1.807) is 0 Å². The van der Waals surface area contributed by atoms with Gasteiger partial charge in [-0.1, -0.05) is 13.3 Å². The molecule has 2 nitrogen and oxygen atoms in total. The van der Waals surface area contributed by atoms with Crippen molar-refractivity contribution >= 4 is 0 Å². The number of likely N-dealkylation sites (N-methyl/N-ethyl adjacent to an activating group) is 1. The third-order valence-corrected chi connectivity index (χ3v) is 3.92. The van der Waals surface area contributed by atoms with Gasteiger partial charge in [0.2, 0.25) is 0 Å². The second kappa shape index (κ2) is 6.61. The zero-order valence-electron chi connectivity index (χ0n) is 11.9. The van der Waals surface area contributed by atoms with Crippen molar-refractivity contribution in [2.45, 2.75) is 72.0 Å². The van der Waals surface area contributed by atoms with Crippen molar-refractivity contribution < 1.29 is 0 Å². The van der Waals surface area contributed by atoms with Crippen molar-refractivity contribution in [1.82, 2.24) is 9.80 Å². The van der Waals surface area contributed by atoms with E-state index in [4.69, 9.17) is 0 Å². The van der Waals surface area contributed by atoms with Crippen LogP contribution in [0.25, 0.3) is 0 Å². The maximum Gasteiger partial charge on any atom is 0.0225 e. The molecule has 0 aliphatic carbocycles. The maximum absolute atomic E-state index is 2.70. The Kier molecular flexibility index (Phi) is 5.77. The van der Waals surface area contributed by atoms with Crippen LogP contribution in [0.15, 0.2) is 0 Å². The van der Waals surface area contributed by atoms with E-state index in [2.05, 4.69) is 44.4 Å². The fraction of sp³-hybridized carbons (Fsp3) is 1.00. The summed E-state index contributed by atoms with van der Waals surface area (Å²) in [6.45, 7) is 15.3. The molecule has 0 aromatic heterocycles. The number of likely N-dealkylation sites (tertiary alicyclic amines) is 1. The van der Waals surface area contributed by atoms with Crippen LogP contribution in [0.4, 0.5) is 0 Å². The van der Waals surface area contributed by atoms with Gasteiger partial charge in [-0.3, -0.25) is 9.80 Å². The van der Waals surface area contributed by atoms with Gasteiger partial charge in [-0.25, -0.2) is 0 Å². The van der Waals surface area contributed by atoms with E-state index in [1.165, 1.54) is 38.9 Å². The largest absolute Gasteiger partial charge is 0.300 e. The maximum atomic E-state index is 2.70. The number of piperidine rings is 1. The summed E-state index contributed by atoms with van der Waals surface area (Å²) in [6, 6.07) is 2.17. The Labute approximate surface area is 102 Å². The Balaban J connectivity index is 2.54. The standard InChI is InChI=1S/C14H30N2/c1-6-15(12(2)3)11-14-9-7-8-10-16(14)13(4)5/h12-14H,6-11H2,1-5H3. The van der Waals surface area contributed by atoms with E-state index < -0.39 is 0 Å². The number of hydrogen-bond acceptors (Lipinski definition) is 2. The molecular weight excluding hydrogens is 196 g/mol. The molecule has 0 radical (unpaired) electrons. The van der Waals surface area contributed by atoms with Crippen LogP contribution in [0, 0.1) is 0 Å². The van der Waals surface area contributed by atoms with Crippen LogP contribution in [0.2, 0.25) is 0 Å². The first-order valence-corrected chi connectivity index (χ1v) is 7.06. The van der Waals surface area contributed by atoms with Crippen molar-refractivity contribution in [3.8, 4) is 0 Å². The Morgan fingerprint density at radius 2 is 1.88 bits per heavy atom. The van der Waals surface area contributed by atoms with E-state index in [9.17, 15) is 0 Å². The zero-order valence-corrected chi connectivity index (χ0v) is 11.9. The molecule has 1 atom stereocenters. The molecule has 0 aromatic carbocycles. The van der Waals surface area contributed by atoms with Crippen molar-refractivity contribution in [1.29, 1.82) is 0 Å². The molecule has 2 heteroatoms. The normalized spacial score (nSPS) is 23.6. The summed E-state index contributed by atoms with van der Waals surface area (Å²) in [6.07, 6.45) is 4.20. The highest BCUT2D eigenvalue weighted by atomic mass is 15.2. The fourth-order valence-corrected chi connectivity index (χ4v) is 2.87. The third kappa shape index (κ3) is 3.74. The number of nitrogens with zero attached hydrogens (tertiary/aromatic N) is 2. The van der Waals surface area contributed by atoms with Gasteiger partial charge >= 0.3 is 0 Å². The van der Waals surface area contributed by atoms with Gasteiger partial charge in [-0.05, 0) is 53.6 Å². The van der Waals surface area contributed by atoms with Gasteiger partial charge in [0, 0.05) is 24.7 Å². The lowest BCUT2D eigenvalue weighted by Crippen LogP contribution is -2.50. The van der Waals surface area contributed by atoms with Gasteiger partial charge in [0.05, 0.1) is 0 Å². The molecule has 1 heterocycles. The van der Waals surface area contributed by atoms with E-state index in [0.29, 0.717) is 12.1 Å². The summed E-state index contributed by atoms with van der Waals surface area (Å²) in [5, 5.41) is 0. The molecule has 0 N–H and O–H groups in total. The lowest BCUT2D eigenvalue weighted by Gasteiger charge is -2.41. The van der Waals surface area contributed by atoms with Crippen LogP contribution in [0.3, 0.4) is 0 Å². The van der Waals surface area contributed by atoms with Crippen LogP contribution < -0.4 is 0 Å². The van der Waals surface area contributed by atoms with Crippen LogP contribution in [0.5, 0.6) is 0 Å². The number of hydrogen-bond donors (Lipinski definition) is 0. The first kappa shape index (κ1) is 14.0. The predicted octanol–water partition coefficient (Wildman–Crippen LogP) is 2.98. The highest BCUT2D eigenvalue weighted by Gasteiger charge is 2.26. The second-order valence-electron chi connectivity index (χ2n) is 5.66. The molecule has 1 aliphatic heterocycles. The van der Waals surface area contributed by atoms with Crippen molar-refractivity contribution in [2.24, 2.45) is 0 Å². The van der Waals surface area contributed by atoms with Gasteiger partial charge in [0.1, 0.15) is 0 Å². The van der Waals surface area contributed by atoms with Crippen LogP contribution in [-0.2, 0) is 0 Å². The van der Waals surface area contributed by atoms with Crippen molar-refractivity contribution in [3.05, 3.63) is 0 Å². The molecule has 0 amide bonds. The molecule has 0 aromatic rings. The average Bonchev–Trinajstić information content (AvgIpc) is 2.25. The summed E-state index contributed by atoms with van der Waals surface area (Å²) in [7, 11) is 0. The lowest BCUT2D eigenvalue weighted by atomic mass is 9.99. The summed E-state index contributed by atoms with van der Waals surface area (Å²) in [4.78, 5) is 5.31. The van der Waals surface area contributed by atoms with Gasteiger partial charge in [0.25, 0.3) is 0 Å². The molecule has 96 valence electrons. The lowest BCUT2D eigenvalue weighted by molar-refractivity contribution is 0.0700. The molecule has 1 unspecified atom stereocenters. The molecule has 0 spiro atoms. The van der Waals surface area contributed by atoms with Crippen molar-refractivity contribution in [2.75, 3.05) is 19.6 Å². The molecule has 16 heavy (non-hydrogen) atoms.